The summed E-state index contributed by atoms with van der Waals surface area (Å²) in [5, 5.41) is 4.72. The topological polar surface area (TPSA) is 67.9 Å². The highest BCUT2D eigenvalue weighted by Crippen LogP contribution is 2.21. The molecule has 1 unspecified atom stereocenters. The quantitative estimate of drug-likeness (QED) is 0.839. The van der Waals surface area contributed by atoms with Crippen LogP contribution >= 0.6 is 0 Å². The van der Waals surface area contributed by atoms with Crippen molar-refractivity contribution in [1.82, 2.24) is 20.7 Å². The number of urea groups is 1. The number of halogens is 1. The number of carbonyl (C=O) groups excluding carboxylic acids is 2. The van der Waals surface area contributed by atoms with Crippen LogP contribution in [0.2, 0.25) is 0 Å². The van der Waals surface area contributed by atoms with Gasteiger partial charge in [0.2, 0.25) is 5.91 Å². The van der Waals surface area contributed by atoms with Crippen LogP contribution in [0.4, 0.5) is 14.9 Å². The van der Waals surface area contributed by atoms with Crippen LogP contribution in [0.1, 0.15) is 6.42 Å². The summed E-state index contributed by atoms with van der Waals surface area (Å²) in [6.07, 6.45) is 0.244. The average molecular weight is 335 g/mol. The van der Waals surface area contributed by atoms with Crippen molar-refractivity contribution in [3.63, 3.8) is 0 Å². The van der Waals surface area contributed by atoms with Crippen LogP contribution in [-0.2, 0) is 4.79 Å². The Morgan fingerprint density at radius 3 is 2.50 bits per heavy atom. The van der Waals surface area contributed by atoms with Crippen molar-refractivity contribution in [1.29, 1.82) is 0 Å². The zero-order valence-corrected chi connectivity index (χ0v) is 13.7. The minimum absolute atomic E-state index is 0.0773. The molecule has 2 fully saturated rings. The predicted molar refractivity (Wildman–Crippen MR) is 87.9 cm³/mol. The maximum atomic E-state index is 13.0. The number of piperazine rings is 1. The van der Waals surface area contributed by atoms with Crippen LogP contribution in [-0.4, -0.2) is 67.7 Å². The van der Waals surface area contributed by atoms with Gasteiger partial charge in [0.05, 0.1) is 6.04 Å². The van der Waals surface area contributed by atoms with Gasteiger partial charge in [-0.15, -0.1) is 0 Å². The van der Waals surface area contributed by atoms with Gasteiger partial charge in [-0.1, -0.05) is 0 Å². The molecule has 3 rings (SSSR count). The lowest BCUT2D eigenvalue weighted by molar-refractivity contribution is -0.117. The van der Waals surface area contributed by atoms with E-state index in [1.54, 1.807) is 17.0 Å². The molecule has 0 aromatic heterocycles. The second-order valence-corrected chi connectivity index (χ2v) is 6.26. The molecule has 2 aliphatic rings. The molecule has 2 heterocycles. The van der Waals surface area contributed by atoms with Crippen LogP contribution in [0.3, 0.4) is 0 Å². The van der Waals surface area contributed by atoms with Gasteiger partial charge >= 0.3 is 6.03 Å². The molecule has 24 heavy (non-hydrogen) atoms. The standard InChI is InChI=1S/C16H22FN5O2/c1-20-6-8-21(9-7-20)19-16(24)18-13-10-15(23)22(11-13)14-4-2-12(17)3-5-14/h2-5,13H,6-11H2,1H3,(H2,18,19,24). The fourth-order valence-corrected chi connectivity index (χ4v) is 2.95. The van der Waals surface area contributed by atoms with Crippen LogP contribution < -0.4 is 15.6 Å². The van der Waals surface area contributed by atoms with Crippen LogP contribution in [0.25, 0.3) is 0 Å². The van der Waals surface area contributed by atoms with Gasteiger partial charge < -0.3 is 15.1 Å². The van der Waals surface area contributed by atoms with Crippen LogP contribution in [0.5, 0.6) is 0 Å². The zero-order chi connectivity index (χ0) is 17.1. The lowest BCUT2D eigenvalue weighted by Crippen LogP contribution is -2.56. The Hall–Kier alpha value is -2.19. The first-order valence-electron chi connectivity index (χ1n) is 8.08. The molecular weight excluding hydrogens is 313 g/mol. The summed E-state index contributed by atoms with van der Waals surface area (Å²) in [4.78, 5) is 28.0. The average Bonchev–Trinajstić information content (AvgIpc) is 2.90. The summed E-state index contributed by atoms with van der Waals surface area (Å²) in [7, 11) is 2.05. The van der Waals surface area contributed by atoms with Crippen LogP contribution in [0.15, 0.2) is 24.3 Å². The Labute approximate surface area is 140 Å². The number of rotatable bonds is 3. The summed E-state index contributed by atoms with van der Waals surface area (Å²) in [5.41, 5.74) is 3.46. The second kappa shape index (κ2) is 7.14. The van der Waals surface area contributed by atoms with Crippen molar-refractivity contribution in [3.05, 3.63) is 30.1 Å². The third-order valence-electron chi connectivity index (χ3n) is 4.36. The number of carbonyl (C=O) groups is 2. The number of amides is 3. The molecule has 1 aromatic carbocycles. The molecule has 0 bridgehead atoms. The highest BCUT2D eigenvalue weighted by Gasteiger charge is 2.32. The van der Waals surface area contributed by atoms with Gasteiger partial charge in [-0.25, -0.2) is 14.2 Å². The number of hydrazine groups is 1. The SMILES string of the molecule is CN1CCN(NC(=O)NC2CC(=O)N(c3ccc(F)cc3)C2)CC1. The molecule has 1 aromatic rings. The van der Waals surface area contributed by atoms with Gasteiger partial charge in [0.25, 0.3) is 0 Å². The van der Waals surface area contributed by atoms with Crippen molar-refractivity contribution in [2.45, 2.75) is 12.5 Å². The molecule has 130 valence electrons. The van der Waals surface area contributed by atoms with Crippen molar-refractivity contribution in [3.8, 4) is 0 Å². The van der Waals surface area contributed by atoms with E-state index < -0.39 is 0 Å². The predicted octanol–water partition coefficient (Wildman–Crippen LogP) is 0.393. The first kappa shape index (κ1) is 16.7. The largest absolute Gasteiger partial charge is 0.332 e. The zero-order valence-electron chi connectivity index (χ0n) is 13.7. The van der Waals surface area contributed by atoms with Gasteiger partial charge in [-0.05, 0) is 31.3 Å². The van der Waals surface area contributed by atoms with Gasteiger partial charge in [0, 0.05) is 44.8 Å². The number of anilines is 1. The van der Waals surface area contributed by atoms with E-state index in [2.05, 4.69) is 15.6 Å². The van der Waals surface area contributed by atoms with E-state index in [0.717, 1.165) is 26.2 Å². The first-order chi connectivity index (χ1) is 11.5. The third-order valence-corrected chi connectivity index (χ3v) is 4.36. The third kappa shape index (κ3) is 4.01. The molecule has 3 amide bonds. The van der Waals surface area contributed by atoms with Gasteiger partial charge in [-0.3, -0.25) is 10.2 Å². The van der Waals surface area contributed by atoms with Crippen molar-refractivity contribution >= 4 is 17.6 Å². The minimum Gasteiger partial charge on any atom is -0.332 e. The summed E-state index contributed by atoms with van der Waals surface area (Å²) < 4.78 is 13.0. The molecule has 7 nitrogen and oxygen atoms in total. The van der Waals surface area contributed by atoms with Crippen LogP contribution in [0, 0.1) is 5.82 Å². The molecule has 1 atom stereocenters. The molecule has 0 saturated carbocycles. The molecule has 2 saturated heterocycles. The maximum Gasteiger partial charge on any atom is 0.329 e. The number of hydrogen-bond donors (Lipinski definition) is 2. The van der Waals surface area contributed by atoms with E-state index in [9.17, 15) is 14.0 Å². The minimum atomic E-state index is -0.341. The van der Waals surface area contributed by atoms with E-state index in [4.69, 9.17) is 0 Å². The Bertz CT molecular complexity index is 601. The fraction of sp³-hybridized carbons (Fsp3) is 0.500. The highest BCUT2D eigenvalue weighted by molar-refractivity contribution is 5.96. The lowest BCUT2D eigenvalue weighted by atomic mass is 10.2. The van der Waals surface area contributed by atoms with E-state index >= 15 is 0 Å². The first-order valence-corrected chi connectivity index (χ1v) is 8.08. The summed E-state index contributed by atoms with van der Waals surface area (Å²) in [6, 6.07) is 5.24. The highest BCUT2D eigenvalue weighted by atomic mass is 19.1. The van der Waals surface area contributed by atoms with E-state index in [1.165, 1.54) is 12.1 Å². The normalized spacial score (nSPS) is 22.7. The van der Waals surface area contributed by atoms with E-state index in [-0.39, 0.29) is 30.2 Å². The Morgan fingerprint density at radius 1 is 1.17 bits per heavy atom. The summed E-state index contributed by atoms with van der Waals surface area (Å²) in [5.74, 6) is -0.418. The monoisotopic (exact) mass is 335 g/mol. The molecular formula is C16H22FN5O2. The van der Waals surface area contributed by atoms with Gasteiger partial charge in [0.1, 0.15) is 5.82 Å². The number of likely N-dealkylation sites (N-methyl/N-ethyl adjacent to an activating group) is 1. The maximum absolute atomic E-state index is 13.0. The van der Waals surface area contributed by atoms with Gasteiger partial charge in [0.15, 0.2) is 0 Å². The molecule has 0 aliphatic carbocycles. The molecule has 0 radical (unpaired) electrons. The number of hydrogen-bond acceptors (Lipinski definition) is 4. The second-order valence-electron chi connectivity index (χ2n) is 6.26. The van der Waals surface area contributed by atoms with E-state index in [0.29, 0.717) is 12.2 Å². The molecule has 0 spiro atoms. The summed E-state index contributed by atoms with van der Waals surface area (Å²) in [6.45, 7) is 3.74. The molecule has 2 aliphatic heterocycles. The van der Waals surface area contributed by atoms with Crippen molar-refractivity contribution < 1.29 is 14.0 Å². The number of nitrogens with zero attached hydrogens (tertiary/aromatic N) is 3. The van der Waals surface area contributed by atoms with E-state index in [1.807, 2.05) is 12.1 Å². The Morgan fingerprint density at radius 2 is 1.83 bits per heavy atom. The van der Waals surface area contributed by atoms with Crippen molar-refractivity contribution in [2.24, 2.45) is 0 Å². The fourth-order valence-electron chi connectivity index (χ4n) is 2.95. The molecule has 2 N–H and O–H groups in total. The Balaban J connectivity index is 1.50. The Kier molecular flexibility index (Phi) is 4.96. The lowest BCUT2D eigenvalue weighted by Gasteiger charge is -2.32. The smallest absolute Gasteiger partial charge is 0.329 e. The molecule has 8 heteroatoms. The van der Waals surface area contributed by atoms with Gasteiger partial charge in [-0.2, -0.15) is 0 Å². The van der Waals surface area contributed by atoms with Crippen molar-refractivity contribution in [2.75, 3.05) is 44.7 Å². The number of nitrogens with one attached hydrogen (secondary N) is 2. The summed E-state index contributed by atoms with van der Waals surface area (Å²) >= 11 is 0. The number of benzene rings is 1.